The molecule has 1 unspecified atom stereocenters. The largest absolute Gasteiger partial charge is 0.489 e. The van der Waals surface area contributed by atoms with E-state index in [1.54, 1.807) is 12.1 Å². The highest BCUT2D eigenvalue weighted by molar-refractivity contribution is 5.30. The third kappa shape index (κ3) is 3.91. The minimum absolute atomic E-state index is 0.143. The van der Waals surface area contributed by atoms with Gasteiger partial charge in [-0.1, -0.05) is 6.07 Å². The Balaban J connectivity index is 1.86. The Morgan fingerprint density at radius 2 is 2.21 bits per heavy atom. The molecular formula is C15H23FN2O. The number of benzene rings is 1. The zero-order valence-corrected chi connectivity index (χ0v) is 11.9. The van der Waals surface area contributed by atoms with Gasteiger partial charge in [0, 0.05) is 18.6 Å². The second kappa shape index (κ2) is 6.35. The summed E-state index contributed by atoms with van der Waals surface area (Å²) in [5.74, 6) is 0.0601. The van der Waals surface area contributed by atoms with Gasteiger partial charge in [-0.15, -0.1) is 0 Å². The molecule has 2 rings (SSSR count). The van der Waals surface area contributed by atoms with Crippen molar-refractivity contribution in [3.8, 4) is 5.75 Å². The molecule has 1 aliphatic carbocycles. The van der Waals surface area contributed by atoms with Gasteiger partial charge in [0.2, 0.25) is 0 Å². The zero-order chi connectivity index (χ0) is 13.8. The Morgan fingerprint density at radius 1 is 1.47 bits per heavy atom. The van der Waals surface area contributed by atoms with Crippen molar-refractivity contribution < 1.29 is 9.13 Å². The van der Waals surface area contributed by atoms with Crippen LogP contribution in [0.15, 0.2) is 18.2 Å². The standard InChI is InChI=1S/C15H23FN2O/c1-11(17-2)12-4-7-15(14(16)10-12)19-9-8-18(3)13-5-6-13/h4,7,10-11,13,17H,5-6,8-9H2,1-3H3. The first-order valence-electron chi connectivity index (χ1n) is 6.91. The Bertz CT molecular complexity index is 421. The van der Waals surface area contributed by atoms with Crippen LogP contribution in [0.1, 0.15) is 31.4 Å². The first-order valence-corrected chi connectivity index (χ1v) is 6.91. The van der Waals surface area contributed by atoms with Gasteiger partial charge in [-0.25, -0.2) is 4.39 Å². The maximum Gasteiger partial charge on any atom is 0.165 e. The van der Waals surface area contributed by atoms with Crippen LogP contribution in [0.2, 0.25) is 0 Å². The van der Waals surface area contributed by atoms with E-state index in [0.29, 0.717) is 18.4 Å². The van der Waals surface area contributed by atoms with Crippen LogP contribution >= 0.6 is 0 Å². The summed E-state index contributed by atoms with van der Waals surface area (Å²) in [5.41, 5.74) is 0.933. The van der Waals surface area contributed by atoms with Gasteiger partial charge in [0.05, 0.1) is 0 Å². The van der Waals surface area contributed by atoms with Crippen LogP contribution in [-0.4, -0.2) is 38.2 Å². The van der Waals surface area contributed by atoms with Gasteiger partial charge in [0.15, 0.2) is 11.6 Å². The number of hydrogen-bond acceptors (Lipinski definition) is 3. The lowest BCUT2D eigenvalue weighted by Crippen LogP contribution is -2.26. The van der Waals surface area contributed by atoms with E-state index in [9.17, 15) is 4.39 Å². The summed E-state index contributed by atoms with van der Waals surface area (Å²) in [6, 6.07) is 6.03. The summed E-state index contributed by atoms with van der Waals surface area (Å²) in [5, 5.41) is 3.09. The third-order valence-corrected chi connectivity index (χ3v) is 3.76. The zero-order valence-electron chi connectivity index (χ0n) is 11.9. The first kappa shape index (κ1) is 14.3. The van der Waals surface area contributed by atoms with Crippen molar-refractivity contribution >= 4 is 0 Å². The van der Waals surface area contributed by atoms with Crippen molar-refractivity contribution in [3.05, 3.63) is 29.6 Å². The quantitative estimate of drug-likeness (QED) is 0.821. The summed E-state index contributed by atoms with van der Waals surface area (Å²) in [4.78, 5) is 2.27. The van der Waals surface area contributed by atoms with Crippen LogP contribution in [0, 0.1) is 5.82 Å². The van der Waals surface area contributed by atoms with Crippen LogP contribution in [-0.2, 0) is 0 Å². The predicted molar refractivity (Wildman–Crippen MR) is 75.0 cm³/mol. The van der Waals surface area contributed by atoms with E-state index < -0.39 is 0 Å². The van der Waals surface area contributed by atoms with Gasteiger partial charge >= 0.3 is 0 Å². The first-order chi connectivity index (χ1) is 9.11. The molecule has 4 heteroatoms. The highest BCUT2D eigenvalue weighted by Gasteiger charge is 2.25. The van der Waals surface area contributed by atoms with Crippen LogP contribution in [0.5, 0.6) is 5.75 Å². The van der Waals surface area contributed by atoms with E-state index in [0.717, 1.165) is 12.1 Å². The van der Waals surface area contributed by atoms with Crippen LogP contribution < -0.4 is 10.1 Å². The minimum atomic E-state index is -0.284. The molecule has 1 aromatic carbocycles. The van der Waals surface area contributed by atoms with Gasteiger partial charge in [0.25, 0.3) is 0 Å². The average molecular weight is 266 g/mol. The fourth-order valence-electron chi connectivity index (χ4n) is 2.07. The summed E-state index contributed by atoms with van der Waals surface area (Å²) >= 11 is 0. The molecule has 0 aliphatic heterocycles. The van der Waals surface area contributed by atoms with E-state index in [1.807, 2.05) is 20.0 Å². The smallest absolute Gasteiger partial charge is 0.165 e. The van der Waals surface area contributed by atoms with Gasteiger partial charge in [-0.2, -0.15) is 0 Å². The molecule has 0 radical (unpaired) electrons. The molecule has 1 saturated carbocycles. The molecule has 1 N–H and O–H groups in total. The number of rotatable bonds is 7. The highest BCUT2D eigenvalue weighted by atomic mass is 19.1. The minimum Gasteiger partial charge on any atom is -0.489 e. The summed E-state index contributed by atoms with van der Waals surface area (Å²) in [6.07, 6.45) is 2.56. The molecular weight excluding hydrogens is 243 g/mol. The van der Waals surface area contributed by atoms with Crippen molar-refractivity contribution in [2.75, 3.05) is 27.2 Å². The van der Waals surface area contributed by atoms with Crippen molar-refractivity contribution in [1.29, 1.82) is 0 Å². The molecule has 0 heterocycles. The molecule has 3 nitrogen and oxygen atoms in total. The van der Waals surface area contributed by atoms with Crippen molar-refractivity contribution in [2.45, 2.75) is 31.8 Å². The predicted octanol–water partition coefficient (Wildman–Crippen LogP) is 2.58. The lowest BCUT2D eigenvalue weighted by molar-refractivity contribution is 0.225. The maximum absolute atomic E-state index is 13.9. The van der Waals surface area contributed by atoms with Crippen LogP contribution in [0.4, 0.5) is 4.39 Å². The molecule has 1 aromatic rings. The SMILES string of the molecule is CNC(C)c1ccc(OCCN(C)C2CC2)c(F)c1. The van der Waals surface area contributed by atoms with Gasteiger partial charge in [-0.3, -0.25) is 0 Å². The Morgan fingerprint density at radius 3 is 2.79 bits per heavy atom. The Kier molecular flexibility index (Phi) is 4.77. The van der Waals surface area contributed by atoms with Crippen LogP contribution in [0.25, 0.3) is 0 Å². The number of nitrogens with zero attached hydrogens (tertiary/aromatic N) is 1. The fourth-order valence-corrected chi connectivity index (χ4v) is 2.07. The maximum atomic E-state index is 13.9. The Hall–Kier alpha value is -1.13. The fraction of sp³-hybridized carbons (Fsp3) is 0.600. The number of hydrogen-bond donors (Lipinski definition) is 1. The van der Waals surface area contributed by atoms with Gasteiger partial charge < -0.3 is 15.0 Å². The van der Waals surface area contributed by atoms with Gasteiger partial charge in [-0.05, 0) is 51.6 Å². The van der Waals surface area contributed by atoms with Crippen molar-refractivity contribution in [2.24, 2.45) is 0 Å². The third-order valence-electron chi connectivity index (χ3n) is 3.76. The topological polar surface area (TPSA) is 24.5 Å². The number of ether oxygens (including phenoxy) is 1. The lowest BCUT2D eigenvalue weighted by atomic mass is 10.1. The van der Waals surface area contributed by atoms with E-state index in [-0.39, 0.29) is 11.9 Å². The van der Waals surface area contributed by atoms with Crippen LogP contribution in [0.3, 0.4) is 0 Å². The molecule has 0 aromatic heterocycles. The highest BCUT2D eigenvalue weighted by Crippen LogP contribution is 2.25. The van der Waals surface area contributed by atoms with E-state index in [2.05, 4.69) is 17.3 Å². The molecule has 106 valence electrons. The molecule has 0 amide bonds. The second-order valence-electron chi connectivity index (χ2n) is 5.26. The summed E-state index contributed by atoms with van der Waals surface area (Å²) < 4.78 is 19.4. The molecule has 0 bridgehead atoms. The van der Waals surface area contributed by atoms with Crippen molar-refractivity contribution in [3.63, 3.8) is 0 Å². The Labute approximate surface area is 114 Å². The number of nitrogens with one attached hydrogen (secondary N) is 1. The number of halogens is 1. The van der Waals surface area contributed by atoms with Gasteiger partial charge in [0.1, 0.15) is 6.61 Å². The normalized spacial score (nSPS) is 16.7. The van der Waals surface area contributed by atoms with E-state index in [1.165, 1.54) is 12.8 Å². The molecule has 1 aliphatic rings. The van der Waals surface area contributed by atoms with Crippen molar-refractivity contribution in [1.82, 2.24) is 10.2 Å². The molecule has 1 atom stereocenters. The molecule has 1 fully saturated rings. The average Bonchev–Trinajstić information content (AvgIpc) is 3.23. The van der Waals surface area contributed by atoms with E-state index in [4.69, 9.17) is 4.74 Å². The molecule has 19 heavy (non-hydrogen) atoms. The molecule has 0 spiro atoms. The summed E-state index contributed by atoms with van der Waals surface area (Å²) in [6.45, 7) is 3.38. The second-order valence-corrected chi connectivity index (χ2v) is 5.26. The molecule has 0 saturated heterocycles. The van der Waals surface area contributed by atoms with E-state index >= 15 is 0 Å². The summed E-state index contributed by atoms with van der Waals surface area (Å²) in [7, 11) is 3.95. The monoisotopic (exact) mass is 266 g/mol. The number of likely N-dealkylation sites (N-methyl/N-ethyl adjacent to an activating group) is 1. The lowest BCUT2D eigenvalue weighted by Gasteiger charge is -2.17.